The van der Waals surface area contributed by atoms with Gasteiger partial charge in [0.15, 0.2) is 0 Å². The molecule has 104 valence electrons. The van der Waals surface area contributed by atoms with Crippen molar-refractivity contribution in [3.8, 4) is 0 Å². The monoisotopic (exact) mass is 292 g/mol. The molecule has 0 unspecified atom stereocenters. The first-order chi connectivity index (χ1) is 7.81. The Balaban J connectivity index is 0.00000144. The molecule has 2 N–H and O–H groups in total. The van der Waals surface area contributed by atoms with E-state index in [1.165, 1.54) is 5.56 Å². The summed E-state index contributed by atoms with van der Waals surface area (Å²) in [7, 11) is 1.74. The molecule has 1 aromatic carbocycles. The van der Waals surface area contributed by atoms with Crippen molar-refractivity contribution in [1.82, 2.24) is 4.90 Å². The molecule has 0 aliphatic carbocycles. The predicted molar refractivity (Wildman–Crippen MR) is 80.0 cm³/mol. The number of benzene rings is 1. The van der Waals surface area contributed by atoms with Gasteiger partial charge in [-0.05, 0) is 5.56 Å². The Bertz CT molecular complexity index is 324. The number of halogens is 2. The van der Waals surface area contributed by atoms with Crippen LogP contribution in [0.5, 0.6) is 0 Å². The smallest absolute Gasteiger partial charge is 0.0589 e. The molecule has 1 saturated heterocycles. The van der Waals surface area contributed by atoms with E-state index in [4.69, 9.17) is 10.5 Å². The fourth-order valence-electron chi connectivity index (χ4n) is 2.37. The third-order valence-electron chi connectivity index (χ3n) is 3.28. The Kier molecular flexibility index (Phi) is 8.57. The fraction of sp³-hybridized carbons (Fsp3) is 0.538. The quantitative estimate of drug-likeness (QED) is 0.921. The second kappa shape index (κ2) is 8.73. The first-order valence-corrected chi connectivity index (χ1v) is 5.83. The van der Waals surface area contributed by atoms with Crippen LogP contribution in [0.25, 0.3) is 0 Å². The lowest BCUT2D eigenvalue weighted by molar-refractivity contribution is 0.160. The molecule has 0 amide bonds. The predicted octanol–water partition coefficient (Wildman–Crippen LogP) is 1.90. The summed E-state index contributed by atoms with van der Waals surface area (Å²) < 4.78 is 5.10. The van der Waals surface area contributed by atoms with E-state index >= 15 is 0 Å². The number of hydrogen-bond acceptors (Lipinski definition) is 3. The van der Waals surface area contributed by atoms with E-state index < -0.39 is 0 Å². The molecule has 0 aromatic heterocycles. The van der Waals surface area contributed by atoms with Crippen LogP contribution < -0.4 is 5.73 Å². The van der Waals surface area contributed by atoms with E-state index in [1.807, 2.05) is 6.07 Å². The van der Waals surface area contributed by atoms with Crippen molar-refractivity contribution in [1.29, 1.82) is 0 Å². The van der Waals surface area contributed by atoms with Crippen molar-refractivity contribution in [3.05, 3.63) is 35.9 Å². The standard InChI is InChI=1S/C13H20N2O.2ClH/c1-16-8-7-15-9-12(13(14)10-15)11-5-3-2-4-6-11;;/h2-6,12-13H,7-10,14H2,1H3;2*1H/t12-,13+;;/m1../s1. The summed E-state index contributed by atoms with van der Waals surface area (Å²) in [6.07, 6.45) is 0. The average Bonchev–Trinajstić information content (AvgIpc) is 2.69. The maximum atomic E-state index is 6.19. The van der Waals surface area contributed by atoms with E-state index in [0.717, 1.165) is 26.2 Å². The Labute approximate surface area is 121 Å². The van der Waals surface area contributed by atoms with Crippen molar-refractivity contribution in [3.63, 3.8) is 0 Å². The summed E-state index contributed by atoms with van der Waals surface area (Å²) in [4.78, 5) is 2.38. The van der Waals surface area contributed by atoms with Gasteiger partial charge >= 0.3 is 0 Å². The van der Waals surface area contributed by atoms with Crippen molar-refractivity contribution < 1.29 is 4.74 Å². The molecule has 0 bridgehead atoms. The molecule has 2 rings (SSSR count). The minimum Gasteiger partial charge on any atom is -0.383 e. The van der Waals surface area contributed by atoms with Gasteiger partial charge in [-0.2, -0.15) is 0 Å². The number of hydrogen-bond donors (Lipinski definition) is 1. The normalized spacial score (nSPS) is 23.2. The van der Waals surface area contributed by atoms with E-state index in [0.29, 0.717) is 5.92 Å². The molecule has 0 saturated carbocycles. The number of likely N-dealkylation sites (tertiary alicyclic amines) is 1. The molecule has 3 nitrogen and oxygen atoms in total. The maximum Gasteiger partial charge on any atom is 0.0589 e. The van der Waals surface area contributed by atoms with Gasteiger partial charge in [0.2, 0.25) is 0 Å². The highest BCUT2D eigenvalue weighted by Crippen LogP contribution is 2.25. The van der Waals surface area contributed by atoms with Crippen LogP contribution in [0.3, 0.4) is 0 Å². The molecule has 0 spiro atoms. The lowest BCUT2D eigenvalue weighted by Crippen LogP contribution is -2.30. The van der Waals surface area contributed by atoms with Gasteiger partial charge < -0.3 is 10.5 Å². The van der Waals surface area contributed by atoms with Gasteiger partial charge in [0, 0.05) is 38.7 Å². The van der Waals surface area contributed by atoms with Crippen LogP contribution in [0.15, 0.2) is 30.3 Å². The first-order valence-electron chi connectivity index (χ1n) is 5.83. The Morgan fingerprint density at radius 1 is 1.22 bits per heavy atom. The molecule has 1 fully saturated rings. The van der Waals surface area contributed by atoms with Crippen LogP contribution in [-0.4, -0.2) is 44.3 Å². The molecule has 1 aliphatic rings. The first kappa shape index (κ1) is 17.7. The zero-order valence-corrected chi connectivity index (χ0v) is 12.3. The van der Waals surface area contributed by atoms with E-state index in [1.54, 1.807) is 7.11 Å². The van der Waals surface area contributed by atoms with Gasteiger partial charge in [0.05, 0.1) is 6.61 Å². The Morgan fingerprint density at radius 2 is 1.89 bits per heavy atom. The molecular weight excluding hydrogens is 271 g/mol. The summed E-state index contributed by atoms with van der Waals surface area (Å²) in [5.41, 5.74) is 7.55. The maximum absolute atomic E-state index is 6.19. The second-order valence-corrected chi connectivity index (χ2v) is 4.43. The highest BCUT2D eigenvalue weighted by molar-refractivity contribution is 5.85. The second-order valence-electron chi connectivity index (χ2n) is 4.43. The number of nitrogens with two attached hydrogens (primary N) is 1. The van der Waals surface area contributed by atoms with Crippen LogP contribution in [0.2, 0.25) is 0 Å². The summed E-state index contributed by atoms with van der Waals surface area (Å²) >= 11 is 0. The van der Waals surface area contributed by atoms with Crippen molar-refractivity contribution in [2.75, 3.05) is 33.4 Å². The lowest BCUT2D eigenvalue weighted by Gasteiger charge is -2.15. The average molecular weight is 293 g/mol. The largest absolute Gasteiger partial charge is 0.383 e. The molecule has 2 atom stereocenters. The molecule has 1 aromatic rings. The number of rotatable bonds is 4. The highest BCUT2D eigenvalue weighted by atomic mass is 35.5. The number of methoxy groups -OCH3 is 1. The minimum atomic E-state index is 0. The van der Waals surface area contributed by atoms with Crippen LogP contribution in [-0.2, 0) is 4.74 Å². The lowest BCUT2D eigenvalue weighted by atomic mass is 9.95. The van der Waals surface area contributed by atoms with Gasteiger partial charge in [0.25, 0.3) is 0 Å². The van der Waals surface area contributed by atoms with Gasteiger partial charge in [0.1, 0.15) is 0 Å². The highest BCUT2D eigenvalue weighted by Gasteiger charge is 2.30. The van der Waals surface area contributed by atoms with Gasteiger partial charge in [-0.15, -0.1) is 24.8 Å². The zero-order valence-electron chi connectivity index (χ0n) is 10.6. The summed E-state index contributed by atoms with van der Waals surface area (Å²) in [6.45, 7) is 3.79. The number of nitrogens with zero attached hydrogens (tertiary/aromatic N) is 1. The fourth-order valence-corrected chi connectivity index (χ4v) is 2.37. The molecule has 0 radical (unpaired) electrons. The van der Waals surface area contributed by atoms with Gasteiger partial charge in [-0.1, -0.05) is 30.3 Å². The van der Waals surface area contributed by atoms with Crippen molar-refractivity contribution >= 4 is 24.8 Å². The number of ether oxygens (including phenoxy) is 1. The molecule has 18 heavy (non-hydrogen) atoms. The van der Waals surface area contributed by atoms with Gasteiger partial charge in [-0.25, -0.2) is 0 Å². The Hall–Kier alpha value is -0.320. The minimum absolute atomic E-state index is 0. The summed E-state index contributed by atoms with van der Waals surface area (Å²) in [5.74, 6) is 0.470. The van der Waals surface area contributed by atoms with Gasteiger partial charge in [-0.3, -0.25) is 4.90 Å². The molecule has 5 heteroatoms. The topological polar surface area (TPSA) is 38.5 Å². The Morgan fingerprint density at radius 3 is 2.50 bits per heavy atom. The van der Waals surface area contributed by atoms with Crippen LogP contribution in [0.1, 0.15) is 11.5 Å². The molecule has 1 aliphatic heterocycles. The van der Waals surface area contributed by atoms with Crippen LogP contribution in [0.4, 0.5) is 0 Å². The van der Waals surface area contributed by atoms with E-state index in [9.17, 15) is 0 Å². The van der Waals surface area contributed by atoms with E-state index in [2.05, 4.69) is 29.2 Å². The van der Waals surface area contributed by atoms with Crippen molar-refractivity contribution in [2.45, 2.75) is 12.0 Å². The van der Waals surface area contributed by atoms with E-state index in [-0.39, 0.29) is 30.9 Å². The molecule has 1 heterocycles. The summed E-state index contributed by atoms with van der Waals surface area (Å²) in [5, 5.41) is 0. The SMILES string of the molecule is COCCN1C[C@H](c2ccccc2)[C@@H](N)C1.Cl.Cl. The summed E-state index contributed by atoms with van der Waals surface area (Å²) in [6, 6.07) is 10.8. The van der Waals surface area contributed by atoms with Crippen LogP contribution >= 0.6 is 24.8 Å². The van der Waals surface area contributed by atoms with Crippen LogP contribution in [0, 0.1) is 0 Å². The molecular formula is C13H22Cl2N2O. The van der Waals surface area contributed by atoms with Crippen molar-refractivity contribution in [2.24, 2.45) is 5.73 Å². The zero-order chi connectivity index (χ0) is 11.4. The third kappa shape index (κ3) is 4.41. The third-order valence-corrected chi connectivity index (χ3v) is 3.28.